The number of benzene rings is 1. The maximum atomic E-state index is 11.8. The van der Waals surface area contributed by atoms with Crippen molar-refractivity contribution in [1.82, 2.24) is 9.88 Å². The summed E-state index contributed by atoms with van der Waals surface area (Å²) >= 11 is 0. The van der Waals surface area contributed by atoms with E-state index in [-0.39, 0.29) is 37.6 Å². The van der Waals surface area contributed by atoms with Crippen LogP contribution in [0.3, 0.4) is 0 Å². The summed E-state index contributed by atoms with van der Waals surface area (Å²) in [6.45, 7) is 0.243. The van der Waals surface area contributed by atoms with Gasteiger partial charge in [-0.05, 0) is 29.8 Å². The van der Waals surface area contributed by atoms with Crippen LogP contribution in [0.2, 0.25) is 0 Å². The van der Waals surface area contributed by atoms with Crippen LogP contribution < -0.4 is 0 Å². The highest BCUT2D eigenvalue weighted by Gasteiger charge is 2.24. The van der Waals surface area contributed by atoms with Gasteiger partial charge in [0.25, 0.3) is 0 Å². The molecule has 0 spiro atoms. The van der Waals surface area contributed by atoms with Crippen LogP contribution in [0.4, 0.5) is 0 Å². The van der Waals surface area contributed by atoms with Crippen LogP contribution in [0.15, 0.2) is 42.5 Å². The minimum atomic E-state index is -1.04. The van der Waals surface area contributed by atoms with E-state index in [1.54, 1.807) is 29.2 Å². The third-order valence-corrected chi connectivity index (χ3v) is 4.06. The van der Waals surface area contributed by atoms with E-state index in [0.29, 0.717) is 5.69 Å². The average molecular weight is 374 g/mol. The summed E-state index contributed by atoms with van der Waals surface area (Å²) in [5, 5.41) is 27.9. The highest BCUT2D eigenvalue weighted by molar-refractivity contribution is 5.87. The number of aliphatic hydroxyl groups excluding tert-OH is 2. The molecule has 1 unspecified atom stereocenters. The molecule has 1 aromatic carbocycles. The quantitative estimate of drug-likeness (QED) is 0.555. The Hall–Kier alpha value is -2.81. The smallest absolute Gasteiger partial charge is 0.356 e. The molecule has 1 aromatic heterocycles. The molecule has 0 fully saturated rings. The lowest BCUT2D eigenvalue weighted by molar-refractivity contribution is 0.0591. The number of nitrogens with zero attached hydrogens (tertiary/aromatic N) is 2. The monoisotopic (exact) mass is 374 g/mol. The number of carbonyl (C=O) groups excluding carboxylic acids is 1. The van der Waals surface area contributed by atoms with Gasteiger partial charge in [0.05, 0.1) is 37.6 Å². The second kappa shape index (κ2) is 9.77. The van der Waals surface area contributed by atoms with E-state index in [9.17, 15) is 19.8 Å². The van der Waals surface area contributed by atoms with Crippen LogP contribution in [0, 0.1) is 0 Å². The summed E-state index contributed by atoms with van der Waals surface area (Å²) < 4.78 is 4.71. The van der Waals surface area contributed by atoms with Gasteiger partial charge >= 0.3 is 11.9 Å². The van der Waals surface area contributed by atoms with Gasteiger partial charge in [-0.3, -0.25) is 4.90 Å². The Morgan fingerprint density at radius 1 is 1.07 bits per heavy atom. The number of methoxy groups -OCH3 is 1. The number of aromatic carboxylic acids is 1. The predicted octanol–water partition coefficient (Wildman–Crippen LogP) is 0.942. The second-order valence-electron chi connectivity index (χ2n) is 5.75. The summed E-state index contributed by atoms with van der Waals surface area (Å²) in [4.78, 5) is 29.1. The fourth-order valence-electron chi connectivity index (χ4n) is 2.83. The Kier molecular flexibility index (Phi) is 7.42. The molecular weight excluding hydrogens is 352 g/mol. The molecule has 0 aliphatic carbocycles. The molecule has 0 aliphatic heterocycles. The van der Waals surface area contributed by atoms with Crippen molar-refractivity contribution >= 4 is 11.9 Å². The minimum Gasteiger partial charge on any atom is -0.478 e. The Labute approximate surface area is 156 Å². The molecule has 2 aromatic rings. The molecule has 1 heterocycles. The van der Waals surface area contributed by atoms with Gasteiger partial charge in [0.1, 0.15) is 5.69 Å². The number of rotatable bonds is 9. The Morgan fingerprint density at radius 2 is 1.70 bits per heavy atom. The van der Waals surface area contributed by atoms with Crippen LogP contribution >= 0.6 is 0 Å². The van der Waals surface area contributed by atoms with Crippen LogP contribution in [0.25, 0.3) is 0 Å². The molecule has 0 radical (unpaired) electrons. The molecule has 1 atom stereocenters. The number of carboxylic acid groups (broad SMARTS) is 1. The molecule has 144 valence electrons. The number of carboxylic acids is 1. The predicted molar refractivity (Wildman–Crippen MR) is 96.6 cm³/mol. The molecular formula is C19H22N2O6. The first-order valence-corrected chi connectivity index (χ1v) is 8.36. The van der Waals surface area contributed by atoms with E-state index in [1.165, 1.54) is 25.3 Å². The van der Waals surface area contributed by atoms with Crippen LogP contribution in [0.5, 0.6) is 0 Å². The lowest BCUT2D eigenvalue weighted by Crippen LogP contribution is -2.35. The summed E-state index contributed by atoms with van der Waals surface area (Å²) in [6.07, 6.45) is 0. The van der Waals surface area contributed by atoms with Gasteiger partial charge in [-0.1, -0.05) is 18.2 Å². The summed E-state index contributed by atoms with van der Waals surface area (Å²) in [7, 11) is 1.27. The van der Waals surface area contributed by atoms with Crippen molar-refractivity contribution in [1.29, 1.82) is 0 Å². The zero-order chi connectivity index (χ0) is 19.8. The Balaban J connectivity index is 2.52. The molecule has 8 nitrogen and oxygen atoms in total. The normalized spacial score (nSPS) is 12.0. The SMILES string of the molecule is COC(=O)c1cccc(C(c2ccc(C(=O)O)cc2)N(CCO)CCO)n1. The fourth-order valence-corrected chi connectivity index (χ4v) is 2.83. The molecule has 0 bridgehead atoms. The standard InChI is InChI=1S/C19H22N2O6/c1-27-19(26)16-4-2-3-15(20-16)17(21(9-11-22)10-12-23)13-5-7-14(8-6-13)18(24)25/h2-8,17,22-23H,9-12H2,1H3,(H,24,25). The van der Waals surface area contributed by atoms with E-state index in [1.807, 2.05) is 0 Å². The van der Waals surface area contributed by atoms with Crippen molar-refractivity contribution in [3.63, 3.8) is 0 Å². The van der Waals surface area contributed by atoms with Crippen molar-refractivity contribution in [2.24, 2.45) is 0 Å². The number of aliphatic hydroxyl groups is 2. The Morgan fingerprint density at radius 3 is 2.22 bits per heavy atom. The van der Waals surface area contributed by atoms with Gasteiger partial charge in [0, 0.05) is 13.1 Å². The van der Waals surface area contributed by atoms with E-state index in [2.05, 4.69) is 4.98 Å². The number of pyridine rings is 1. The fraction of sp³-hybridized carbons (Fsp3) is 0.316. The highest BCUT2D eigenvalue weighted by atomic mass is 16.5. The second-order valence-corrected chi connectivity index (χ2v) is 5.75. The first kappa shape index (κ1) is 20.5. The van der Waals surface area contributed by atoms with Crippen molar-refractivity contribution in [2.75, 3.05) is 33.4 Å². The summed E-state index contributed by atoms with van der Waals surface area (Å²) in [5.41, 5.74) is 1.51. The van der Waals surface area contributed by atoms with Crippen LogP contribution in [0.1, 0.15) is 38.1 Å². The van der Waals surface area contributed by atoms with Crippen molar-refractivity contribution in [3.8, 4) is 0 Å². The van der Waals surface area contributed by atoms with Gasteiger partial charge in [-0.25, -0.2) is 14.6 Å². The van der Waals surface area contributed by atoms with E-state index >= 15 is 0 Å². The molecule has 0 saturated heterocycles. The number of hydrogen-bond acceptors (Lipinski definition) is 7. The maximum absolute atomic E-state index is 11.8. The Bertz CT molecular complexity index is 772. The molecule has 0 saturated carbocycles. The van der Waals surface area contributed by atoms with Gasteiger partial charge in [-0.2, -0.15) is 0 Å². The van der Waals surface area contributed by atoms with E-state index in [0.717, 1.165) is 5.56 Å². The first-order valence-electron chi connectivity index (χ1n) is 8.36. The maximum Gasteiger partial charge on any atom is 0.356 e. The molecule has 3 N–H and O–H groups in total. The van der Waals surface area contributed by atoms with Gasteiger partial charge in [0.15, 0.2) is 0 Å². The van der Waals surface area contributed by atoms with Gasteiger partial charge in [0.2, 0.25) is 0 Å². The van der Waals surface area contributed by atoms with Crippen molar-refractivity contribution in [3.05, 3.63) is 65.0 Å². The topological polar surface area (TPSA) is 120 Å². The number of hydrogen-bond donors (Lipinski definition) is 3. The minimum absolute atomic E-state index is 0.134. The lowest BCUT2D eigenvalue weighted by Gasteiger charge is -2.31. The molecule has 8 heteroatoms. The van der Waals surface area contributed by atoms with Crippen LogP contribution in [-0.4, -0.2) is 70.6 Å². The van der Waals surface area contributed by atoms with Crippen molar-refractivity contribution in [2.45, 2.75) is 6.04 Å². The third kappa shape index (κ3) is 5.10. The highest BCUT2D eigenvalue weighted by Crippen LogP contribution is 2.28. The average Bonchev–Trinajstić information content (AvgIpc) is 2.68. The number of esters is 1. The summed E-state index contributed by atoms with van der Waals surface area (Å²) in [5.74, 6) is -1.61. The third-order valence-electron chi connectivity index (χ3n) is 4.06. The number of carbonyl (C=O) groups is 2. The van der Waals surface area contributed by atoms with Gasteiger partial charge < -0.3 is 20.1 Å². The number of aromatic nitrogens is 1. The van der Waals surface area contributed by atoms with Crippen LogP contribution in [-0.2, 0) is 4.74 Å². The lowest BCUT2D eigenvalue weighted by atomic mass is 9.99. The number of ether oxygens (including phenoxy) is 1. The molecule has 2 rings (SSSR count). The molecule has 0 amide bonds. The van der Waals surface area contributed by atoms with Crippen molar-refractivity contribution < 1.29 is 29.6 Å². The molecule has 27 heavy (non-hydrogen) atoms. The van der Waals surface area contributed by atoms with E-state index < -0.39 is 18.0 Å². The molecule has 0 aliphatic rings. The largest absolute Gasteiger partial charge is 0.478 e. The zero-order valence-corrected chi connectivity index (χ0v) is 14.9. The van der Waals surface area contributed by atoms with E-state index in [4.69, 9.17) is 9.84 Å². The summed E-state index contributed by atoms with van der Waals surface area (Å²) in [6, 6.07) is 10.7. The first-order chi connectivity index (χ1) is 13.0. The zero-order valence-electron chi connectivity index (χ0n) is 14.9. The van der Waals surface area contributed by atoms with Gasteiger partial charge in [-0.15, -0.1) is 0 Å².